The number of nitrogens with zero attached hydrogens (tertiary/aromatic N) is 1. The van der Waals surface area contributed by atoms with Crippen LogP contribution in [0, 0.1) is 6.92 Å². The number of aliphatic hydroxyl groups excluding tert-OH is 1. The quantitative estimate of drug-likeness (QED) is 0.760. The van der Waals surface area contributed by atoms with Gasteiger partial charge in [0.2, 0.25) is 0 Å². The lowest BCUT2D eigenvalue weighted by molar-refractivity contribution is 0.181. The predicted molar refractivity (Wildman–Crippen MR) is 60.7 cm³/mol. The molecule has 0 fully saturated rings. The molecule has 0 aliphatic rings. The molecule has 0 spiro atoms. The van der Waals surface area contributed by atoms with Crippen LogP contribution in [0.4, 0.5) is 0 Å². The fraction of sp³-hybridized carbons (Fsp3) is 0.636. The van der Waals surface area contributed by atoms with E-state index in [1.54, 1.807) is 14.0 Å². The number of aryl methyl sites for hydroxylation is 1. The molecule has 5 nitrogen and oxygen atoms in total. The van der Waals surface area contributed by atoms with Crippen molar-refractivity contribution in [1.82, 2.24) is 9.97 Å². The minimum absolute atomic E-state index is 0.0431. The molecule has 16 heavy (non-hydrogen) atoms. The summed E-state index contributed by atoms with van der Waals surface area (Å²) in [5.74, 6) is 0.686. The minimum Gasteiger partial charge on any atom is -0.396 e. The number of hydrogen-bond donors (Lipinski definition) is 2. The smallest absolute Gasteiger partial charge is 0.254 e. The maximum Gasteiger partial charge on any atom is 0.254 e. The predicted octanol–water partition coefficient (Wildman–Crippen LogP) is 0.363. The zero-order valence-electron chi connectivity index (χ0n) is 9.91. The van der Waals surface area contributed by atoms with Crippen molar-refractivity contribution in [3.05, 3.63) is 27.4 Å². The van der Waals surface area contributed by atoms with Gasteiger partial charge in [0.25, 0.3) is 5.56 Å². The van der Waals surface area contributed by atoms with Gasteiger partial charge in [0.15, 0.2) is 0 Å². The Labute approximate surface area is 94.5 Å². The van der Waals surface area contributed by atoms with E-state index in [1.165, 1.54) is 0 Å². The second-order valence-electron chi connectivity index (χ2n) is 3.85. The van der Waals surface area contributed by atoms with Crippen LogP contribution in [0.15, 0.2) is 4.79 Å². The van der Waals surface area contributed by atoms with Crippen molar-refractivity contribution in [3.8, 4) is 0 Å². The number of aliphatic hydroxyl groups is 1. The van der Waals surface area contributed by atoms with Gasteiger partial charge in [0, 0.05) is 37.3 Å². The van der Waals surface area contributed by atoms with Gasteiger partial charge in [-0.15, -0.1) is 0 Å². The number of ether oxygens (including phenoxy) is 1. The molecular weight excluding hydrogens is 208 g/mol. The van der Waals surface area contributed by atoms with Gasteiger partial charge < -0.3 is 14.8 Å². The van der Waals surface area contributed by atoms with Crippen molar-refractivity contribution in [2.75, 3.05) is 20.3 Å². The van der Waals surface area contributed by atoms with Crippen LogP contribution in [0.2, 0.25) is 0 Å². The summed E-state index contributed by atoms with van der Waals surface area (Å²) < 4.78 is 5.01. The Morgan fingerprint density at radius 3 is 2.75 bits per heavy atom. The third kappa shape index (κ3) is 2.90. The number of hydrogen-bond acceptors (Lipinski definition) is 4. The van der Waals surface area contributed by atoms with E-state index in [2.05, 4.69) is 9.97 Å². The van der Waals surface area contributed by atoms with Crippen LogP contribution in [0.25, 0.3) is 0 Å². The summed E-state index contributed by atoms with van der Waals surface area (Å²) in [5, 5.41) is 8.83. The van der Waals surface area contributed by atoms with Crippen molar-refractivity contribution in [2.45, 2.75) is 26.2 Å². The first kappa shape index (κ1) is 12.9. The van der Waals surface area contributed by atoms with E-state index in [1.807, 2.05) is 6.92 Å². The van der Waals surface area contributed by atoms with Gasteiger partial charge in [-0.3, -0.25) is 4.79 Å². The highest BCUT2D eigenvalue weighted by molar-refractivity contribution is 5.17. The molecular formula is C11H18N2O3. The van der Waals surface area contributed by atoms with Crippen LogP contribution in [0.3, 0.4) is 0 Å². The Balaban J connectivity index is 3.04. The maximum absolute atomic E-state index is 11.7. The Kier molecular flexibility index (Phi) is 4.64. The standard InChI is InChI=1S/C11H18N2O3/c1-7(6-16-3)10-12-8(2)9(4-5-14)11(15)13-10/h7,14H,4-6H2,1-3H3,(H,12,13,15). The molecule has 0 aliphatic carbocycles. The zero-order chi connectivity index (χ0) is 12.1. The average molecular weight is 226 g/mol. The molecule has 0 bridgehead atoms. The topological polar surface area (TPSA) is 75.2 Å². The minimum atomic E-state index is -0.167. The number of nitrogens with one attached hydrogen (secondary N) is 1. The summed E-state index contributed by atoms with van der Waals surface area (Å²) in [6, 6.07) is 0. The Hall–Kier alpha value is -1.20. The van der Waals surface area contributed by atoms with Gasteiger partial charge in [0.05, 0.1) is 6.61 Å². The van der Waals surface area contributed by atoms with Crippen molar-refractivity contribution in [1.29, 1.82) is 0 Å². The molecule has 1 rings (SSSR count). The number of H-pyrrole nitrogens is 1. The Morgan fingerprint density at radius 2 is 2.25 bits per heavy atom. The molecule has 1 heterocycles. The summed E-state index contributed by atoms with van der Waals surface area (Å²) in [4.78, 5) is 18.8. The Bertz CT molecular complexity index is 401. The largest absolute Gasteiger partial charge is 0.396 e. The van der Waals surface area contributed by atoms with Gasteiger partial charge in [-0.2, -0.15) is 0 Å². The van der Waals surface area contributed by atoms with Crippen molar-refractivity contribution in [2.24, 2.45) is 0 Å². The average Bonchev–Trinajstić information content (AvgIpc) is 2.23. The third-order valence-corrected chi connectivity index (χ3v) is 2.49. The van der Waals surface area contributed by atoms with Gasteiger partial charge in [0.1, 0.15) is 5.82 Å². The van der Waals surface area contributed by atoms with Crippen molar-refractivity contribution < 1.29 is 9.84 Å². The molecule has 1 atom stereocenters. The first-order valence-corrected chi connectivity index (χ1v) is 5.29. The van der Waals surface area contributed by atoms with Crippen LogP contribution in [-0.2, 0) is 11.2 Å². The second-order valence-corrected chi connectivity index (χ2v) is 3.85. The van der Waals surface area contributed by atoms with Crippen LogP contribution < -0.4 is 5.56 Å². The van der Waals surface area contributed by atoms with E-state index >= 15 is 0 Å². The van der Waals surface area contributed by atoms with Crippen LogP contribution in [0.5, 0.6) is 0 Å². The molecule has 90 valence electrons. The lowest BCUT2D eigenvalue weighted by Crippen LogP contribution is -2.22. The summed E-state index contributed by atoms with van der Waals surface area (Å²) in [7, 11) is 1.61. The summed E-state index contributed by atoms with van der Waals surface area (Å²) in [6.07, 6.45) is 0.340. The zero-order valence-corrected chi connectivity index (χ0v) is 9.91. The Morgan fingerprint density at radius 1 is 1.56 bits per heavy atom. The molecule has 0 aliphatic heterocycles. The molecule has 1 aromatic heterocycles. The summed E-state index contributed by atoms with van der Waals surface area (Å²) >= 11 is 0. The molecule has 5 heteroatoms. The molecule has 0 saturated heterocycles. The van der Waals surface area contributed by atoms with Gasteiger partial charge in [-0.25, -0.2) is 4.98 Å². The molecule has 0 saturated carbocycles. The van der Waals surface area contributed by atoms with Crippen LogP contribution >= 0.6 is 0 Å². The fourth-order valence-corrected chi connectivity index (χ4v) is 1.60. The van der Waals surface area contributed by atoms with E-state index in [0.717, 1.165) is 0 Å². The van der Waals surface area contributed by atoms with Gasteiger partial charge in [-0.1, -0.05) is 6.92 Å². The van der Waals surface area contributed by atoms with E-state index in [9.17, 15) is 4.79 Å². The fourth-order valence-electron chi connectivity index (χ4n) is 1.60. The summed E-state index contributed by atoms with van der Waals surface area (Å²) in [6.45, 7) is 4.19. The van der Waals surface area contributed by atoms with Gasteiger partial charge in [-0.05, 0) is 6.92 Å². The molecule has 1 unspecified atom stereocenters. The number of rotatable bonds is 5. The second kappa shape index (κ2) is 5.77. The van der Waals surface area contributed by atoms with Crippen LogP contribution in [-0.4, -0.2) is 35.4 Å². The normalized spacial score (nSPS) is 12.8. The highest BCUT2D eigenvalue weighted by Crippen LogP contribution is 2.10. The molecule has 0 radical (unpaired) electrons. The lowest BCUT2D eigenvalue weighted by atomic mass is 10.1. The van der Waals surface area contributed by atoms with Crippen molar-refractivity contribution >= 4 is 0 Å². The molecule has 0 aromatic carbocycles. The van der Waals surface area contributed by atoms with E-state index in [-0.39, 0.29) is 18.1 Å². The first-order valence-electron chi connectivity index (χ1n) is 5.29. The molecule has 1 aromatic rings. The van der Waals surface area contributed by atoms with E-state index in [4.69, 9.17) is 9.84 Å². The SMILES string of the molecule is COCC(C)c1nc(C)c(CCO)c(=O)[nH]1. The first-order chi connectivity index (χ1) is 7.60. The highest BCUT2D eigenvalue weighted by atomic mass is 16.5. The third-order valence-electron chi connectivity index (χ3n) is 2.49. The van der Waals surface area contributed by atoms with Gasteiger partial charge >= 0.3 is 0 Å². The number of aromatic nitrogens is 2. The monoisotopic (exact) mass is 226 g/mol. The number of aromatic amines is 1. The summed E-state index contributed by atoms with van der Waals surface area (Å²) in [5.41, 5.74) is 1.06. The lowest BCUT2D eigenvalue weighted by Gasteiger charge is -2.11. The maximum atomic E-state index is 11.7. The molecule has 2 N–H and O–H groups in total. The number of methoxy groups -OCH3 is 1. The van der Waals surface area contributed by atoms with E-state index < -0.39 is 0 Å². The van der Waals surface area contributed by atoms with Crippen LogP contribution in [0.1, 0.15) is 29.9 Å². The van der Waals surface area contributed by atoms with Crippen molar-refractivity contribution in [3.63, 3.8) is 0 Å². The van der Waals surface area contributed by atoms with E-state index in [0.29, 0.717) is 30.1 Å². The molecule has 0 amide bonds. The highest BCUT2D eigenvalue weighted by Gasteiger charge is 2.12.